The van der Waals surface area contributed by atoms with Crippen molar-refractivity contribution in [2.45, 2.75) is 45.0 Å². The zero-order valence-corrected chi connectivity index (χ0v) is 14.9. The second kappa shape index (κ2) is 6.72. The van der Waals surface area contributed by atoms with E-state index in [0.29, 0.717) is 11.6 Å². The van der Waals surface area contributed by atoms with E-state index in [-0.39, 0.29) is 17.5 Å². The lowest BCUT2D eigenvalue weighted by Gasteiger charge is -2.36. The first-order valence-electron chi connectivity index (χ1n) is 6.89. The summed E-state index contributed by atoms with van der Waals surface area (Å²) in [5.41, 5.74) is 0.409. The highest BCUT2D eigenvalue weighted by Gasteiger charge is 2.37. The number of nitrogens with zero attached hydrogens (tertiary/aromatic N) is 2. The largest absolute Gasteiger partial charge is 0.477 e. The molecule has 0 radical (unpaired) electrons. The van der Waals surface area contributed by atoms with Crippen molar-refractivity contribution in [1.82, 2.24) is 9.97 Å². The van der Waals surface area contributed by atoms with Crippen molar-refractivity contribution in [1.29, 1.82) is 0 Å². The fraction of sp³-hybridized carbons (Fsp3) is 0.714. The number of aliphatic hydroxyl groups is 1. The van der Waals surface area contributed by atoms with E-state index in [4.69, 9.17) is 13.9 Å². The van der Waals surface area contributed by atoms with Gasteiger partial charge in [0.1, 0.15) is 6.10 Å². The summed E-state index contributed by atoms with van der Waals surface area (Å²) >= 11 is 0. The number of aromatic nitrogens is 2. The predicted octanol–water partition coefficient (Wildman–Crippen LogP) is 2.55. The first kappa shape index (κ1) is 17.9. The maximum absolute atomic E-state index is 10.2. The molecule has 1 unspecified atom stereocenters. The molecule has 21 heavy (non-hydrogen) atoms. The second-order valence-corrected chi connectivity index (χ2v) is 11.2. The van der Waals surface area contributed by atoms with E-state index >= 15 is 0 Å². The zero-order chi connectivity index (χ0) is 16.3. The van der Waals surface area contributed by atoms with Crippen LogP contribution in [0, 0.1) is 0 Å². The molecule has 0 saturated carbocycles. The molecule has 0 bridgehead atoms. The minimum Gasteiger partial charge on any atom is -0.477 e. The summed E-state index contributed by atoms with van der Waals surface area (Å²) in [4.78, 5) is 8.27. The van der Waals surface area contributed by atoms with E-state index in [1.54, 1.807) is 0 Å². The molecule has 0 fully saturated rings. The number of hydrogen-bond donors (Lipinski definition) is 1. The molecule has 1 rings (SSSR count). The van der Waals surface area contributed by atoms with Gasteiger partial charge in [0.05, 0.1) is 32.7 Å². The standard InChI is InChI=1S/C14H26N2O4Si/c1-14(2,3)21(6,7)20-9-11(17)10-8-15-12(18-4)13(16-10)19-5/h8,11,17H,9H2,1-7H3. The molecule has 1 N–H and O–H groups in total. The fourth-order valence-electron chi connectivity index (χ4n) is 1.40. The Morgan fingerprint density at radius 2 is 1.76 bits per heavy atom. The summed E-state index contributed by atoms with van der Waals surface area (Å²) in [7, 11) is 1.07. The van der Waals surface area contributed by atoms with Crippen LogP contribution in [0.3, 0.4) is 0 Å². The molecule has 1 heterocycles. The zero-order valence-electron chi connectivity index (χ0n) is 13.9. The Hall–Kier alpha value is -1.18. The van der Waals surface area contributed by atoms with Crippen LogP contribution in [-0.2, 0) is 4.43 Å². The Kier molecular flexibility index (Phi) is 5.72. The summed E-state index contributed by atoms with van der Waals surface area (Å²) in [5, 5.41) is 10.3. The summed E-state index contributed by atoms with van der Waals surface area (Å²) in [6.07, 6.45) is 0.632. The normalized spacial score (nSPS) is 13.9. The van der Waals surface area contributed by atoms with Gasteiger partial charge in [-0.25, -0.2) is 9.97 Å². The van der Waals surface area contributed by atoms with Gasteiger partial charge in [0.15, 0.2) is 8.32 Å². The fourth-order valence-corrected chi connectivity index (χ4v) is 2.40. The molecular weight excluding hydrogens is 288 g/mol. The van der Waals surface area contributed by atoms with Crippen LogP contribution < -0.4 is 9.47 Å². The Morgan fingerprint density at radius 1 is 1.19 bits per heavy atom. The lowest BCUT2D eigenvalue weighted by atomic mass is 10.2. The second-order valence-electron chi connectivity index (χ2n) is 6.40. The minimum atomic E-state index is -1.90. The summed E-state index contributed by atoms with van der Waals surface area (Å²) in [5.74, 6) is 0.542. The van der Waals surface area contributed by atoms with Crippen molar-refractivity contribution >= 4 is 8.32 Å². The Morgan fingerprint density at radius 3 is 2.24 bits per heavy atom. The van der Waals surface area contributed by atoms with Crippen molar-refractivity contribution in [3.05, 3.63) is 11.9 Å². The van der Waals surface area contributed by atoms with Crippen LogP contribution in [0.4, 0.5) is 0 Å². The molecule has 0 aliphatic carbocycles. The van der Waals surface area contributed by atoms with E-state index in [2.05, 4.69) is 43.8 Å². The molecule has 0 spiro atoms. The van der Waals surface area contributed by atoms with Crippen LogP contribution in [0.15, 0.2) is 6.20 Å². The molecule has 6 nitrogen and oxygen atoms in total. The SMILES string of the molecule is COc1ncc(C(O)CO[Si](C)(C)C(C)(C)C)nc1OC. The first-order valence-corrected chi connectivity index (χ1v) is 9.80. The molecule has 0 aliphatic heterocycles. The van der Waals surface area contributed by atoms with Crippen molar-refractivity contribution in [3.8, 4) is 11.8 Å². The van der Waals surface area contributed by atoms with Crippen molar-refractivity contribution < 1.29 is 19.0 Å². The summed E-state index contributed by atoms with van der Waals surface area (Å²) < 4.78 is 16.1. The third kappa shape index (κ3) is 4.39. The Labute approximate surface area is 127 Å². The Bertz CT molecular complexity index is 475. The van der Waals surface area contributed by atoms with Gasteiger partial charge in [-0.2, -0.15) is 0 Å². The Balaban J connectivity index is 2.79. The van der Waals surface area contributed by atoms with Crippen LogP contribution in [0.25, 0.3) is 0 Å². The van der Waals surface area contributed by atoms with Gasteiger partial charge in [0.25, 0.3) is 11.8 Å². The molecular formula is C14H26N2O4Si. The van der Waals surface area contributed by atoms with Crippen LogP contribution >= 0.6 is 0 Å². The van der Waals surface area contributed by atoms with Crippen LogP contribution in [0.5, 0.6) is 11.8 Å². The van der Waals surface area contributed by atoms with E-state index < -0.39 is 14.4 Å². The van der Waals surface area contributed by atoms with E-state index in [0.717, 1.165) is 0 Å². The van der Waals surface area contributed by atoms with Crippen molar-refractivity contribution in [3.63, 3.8) is 0 Å². The third-order valence-electron chi connectivity index (χ3n) is 3.86. The number of rotatable bonds is 6. The van der Waals surface area contributed by atoms with Crippen LogP contribution in [0.1, 0.15) is 32.6 Å². The maximum atomic E-state index is 10.2. The van der Waals surface area contributed by atoms with Gasteiger partial charge < -0.3 is 19.0 Å². The van der Waals surface area contributed by atoms with Crippen molar-refractivity contribution in [2.24, 2.45) is 0 Å². The van der Waals surface area contributed by atoms with Crippen LogP contribution in [-0.4, -0.2) is 44.2 Å². The molecule has 0 saturated heterocycles. The average Bonchev–Trinajstić information content (AvgIpc) is 2.42. The number of aliphatic hydroxyl groups excluding tert-OH is 1. The van der Waals surface area contributed by atoms with E-state index in [1.807, 2.05) is 0 Å². The quantitative estimate of drug-likeness (QED) is 0.813. The highest BCUT2D eigenvalue weighted by Crippen LogP contribution is 2.37. The number of methoxy groups -OCH3 is 2. The highest BCUT2D eigenvalue weighted by molar-refractivity contribution is 6.74. The van der Waals surface area contributed by atoms with Gasteiger partial charge in [-0.05, 0) is 18.1 Å². The molecule has 1 aromatic rings. The van der Waals surface area contributed by atoms with Crippen molar-refractivity contribution in [2.75, 3.05) is 20.8 Å². The van der Waals surface area contributed by atoms with Gasteiger partial charge in [-0.1, -0.05) is 20.8 Å². The lowest BCUT2D eigenvalue weighted by Crippen LogP contribution is -2.41. The third-order valence-corrected chi connectivity index (χ3v) is 8.36. The topological polar surface area (TPSA) is 73.7 Å². The van der Waals surface area contributed by atoms with Gasteiger partial charge in [0.2, 0.25) is 0 Å². The smallest absolute Gasteiger partial charge is 0.278 e. The number of ether oxygens (including phenoxy) is 2. The molecule has 1 atom stereocenters. The molecule has 1 aromatic heterocycles. The van der Waals surface area contributed by atoms with Gasteiger partial charge in [0, 0.05) is 0 Å². The van der Waals surface area contributed by atoms with E-state index in [1.165, 1.54) is 20.4 Å². The summed E-state index contributed by atoms with van der Waals surface area (Å²) in [6.45, 7) is 10.9. The minimum absolute atomic E-state index is 0.0933. The lowest BCUT2D eigenvalue weighted by molar-refractivity contribution is 0.0958. The molecule has 0 aromatic carbocycles. The average molecular weight is 314 g/mol. The molecule has 0 aliphatic rings. The van der Waals surface area contributed by atoms with Gasteiger partial charge in [-0.15, -0.1) is 0 Å². The predicted molar refractivity (Wildman–Crippen MR) is 83.2 cm³/mol. The number of hydrogen-bond acceptors (Lipinski definition) is 6. The maximum Gasteiger partial charge on any atom is 0.278 e. The van der Waals surface area contributed by atoms with E-state index in [9.17, 15) is 5.11 Å². The molecule has 7 heteroatoms. The monoisotopic (exact) mass is 314 g/mol. The first-order chi connectivity index (χ1) is 9.62. The van der Waals surface area contributed by atoms with Gasteiger partial charge in [-0.3, -0.25) is 0 Å². The molecule has 120 valence electrons. The summed E-state index contributed by atoms with van der Waals surface area (Å²) in [6, 6.07) is 0. The highest BCUT2D eigenvalue weighted by atomic mass is 28.4. The van der Waals surface area contributed by atoms with Crippen LogP contribution in [0.2, 0.25) is 18.1 Å². The van der Waals surface area contributed by atoms with Gasteiger partial charge >= 0.3 is 0 Å². The molecule has 0 amide bonds.